The summed E-state index contributed by atoms with van der Waals surface area (Å²) in [7, 11) is 0. The van der Waals surface area contributed by atoms with Gasteiger partial charge in [0.15, 0.2) is 16.2 Å². The number of hydrogen-bond donors (Lipinski definition) is 0. The predicted molar refractivity (Wildman–Crippen MR) is 523 cm³/mol. The summed E-state index contributed by atoms with van der Waals surface area (Å²) in [5.74, 6) is -4.22. The Hall–Kier alpha value is -4.68. The summed E-state index contributed by atoms with van der Waals surface area (Å²) in [5, 5.41) is 86.7. The van der Waals surface area contributed by atoms with Gasteiger partial charge in [-0.2, -0.15) is 0 Å². The van der Waals surface area contributed by atoms with E-state index in [9.17, 15) is 31.2 Å². The van der Waals surface area contributed by atoms with Gasteiger partial charge in [0, 0.05) is 105 Å². The van der Waals surface area contributed by atoms with Crippen LogP contribution in [0.4, 0.5) is 0 Å². The molecule has 30 heteroatoms. The second-order valence-corrected chi connectivity index (χ2v) is 49.1. The molecule has 0 aliphatic carbocycles. The molecule has 0 atom stereocenters. The molecule has 792 valence electrons. The van der Waals surface area contributed by atoms with Crippen molar-refractivity contribution in [2.75, 3.05) is 79.3 Å². The molecule has 138 heavy (non-hydrogen) atoms. The molecule has 6 fully saturated rings. The second kappa shape index (κ2) is 51.1. The monoisotopic (exact) mass is 1950 g/mol. The second-order valence-electron chi connectivity index (χ2n) is 49.1. The third-order valence-corrected chi connectivity index (χ3v) is 30.1. The number of hydrogen-bond acceptors (Lipinski definition) is 24. The van der Waals surface area contributed by atoms with E-state index < -0.39 is 119 Å². The fraction of sp³-hybridized carbons (Fsp3) is 0.889. The Morgan fingerprint density at radius 2 is 0.355 bits per heavy atom. The zero-order valence-electron chi connectivity index (χ0n) is 90.6. The first-order valence-corrected chi connectivity index (χ1v) is 52.8. The van der Waals surface area contributed by atoms with E-state index in [1.54, 1.807) is 0 Å². The number of carbonyl (C=O) groups excluding carboxylic acids is 6. The van der Waals surface area contributed by atoms with E-state index in [1.165, 1.54) is 0 Å². The van der Waals surface area contributed by atoms with Gasteiger partial charge in [0.2, 0.25) is 0 Å². The molecule has 1 aromatic carbocycles. The van der Waals surface area contributed by atoms with E-state index in [4.69, 9.17) is 56.8 Å². The molecule has 0 amide bonds. The Morgan fingerprint density at radius 1 is 0.225 bits per heavy atom. The highest BCUT2D eigenvalue weighted by Gasteiger charge is 2.56. The van der Waals surface area contributed by atoms with Crippen LogP contribution in [0.2, 0.25) is 0 Å². The number of nitrogens with zero attached hydrogens (tertiary/aromatic N) is 6. The Morgan fingerprint density at radius 3 is 0.486 bits per heavy atom. The molecule has 0 saturated carbocycles. The third-order valence-electron chi connectivity index (χ3n) is 30.1. The normalized spacial score (nSPS) is 22.3. The van der Waals surface area contributed by atoms with Crippen molar-refractivity contribution in [2.45, 2.75) is 521 Å². The smallest absolute Gasteiger partial charge is 0.323 e. The van der Waals surface area contributed by atoms with Crippen LogP contribution in [0.1, 0.15) is 416 Å². The molecule has 6 aliphatic heterocycles. The van der Waals surface area contributed by atoms with Crippen molar-refractivity contribution in [1.82, 2.24) is 30.4 Å². The first-order valence-electron chi connectivity index (χ1n) is 52.8. The number of ether oxygens (including phenoxy) is 12. The molecule has 0 spiro atoms. The average molecular weight is 1950 g/mol. The summed E-state index contributed by atoms with van der Waals surface area (Å²) in [4.78, 5) is 92.0. The molecule has 30 nitrogen and oxygen atoms in total. The molecule has 6 heterocycles. The molecular weight excluding hydrogens is 1770 g/mol. The zero-order chi connectivity index (χ0) is 103. The van der Waals surface area contributed by atoms with Gasteiger partial charge in [-0.25, -0.2) is 0 Å². The number of rotatable bonds is 57. The van der Waals surface area contributed by atoms with Crippen LogP contribution < -0.4 is 0 Å². The lowest BCUT2D eigenvalue weighted by Crippen LogP contribution is -2.59. The minimum atomic E-state index is -1.75. The van der Waals surface area contributed by atoms with Gasteiger partial charge in [-0.15, -0.1) is 61.6 Å². The molecule has 0 unspecified atom stereocenters. The van der Waals surface area contributed by atoms with Crippen LogP contribution in [0, 0.1) is 16.2 Å². The standard InChI is InChI=1S/C108H186N6O24/c1-28-31-46-106(88(115)133-58-37-52-127-82-67-94(4,5)109(121)95(6,7)68-82,89(116)134-59-38-53-128-83-69-96(8,9)110(122)97(10,11)70-83)49-34-43-79-64-80(44-35-50-107(47-32-29-2,90(117)135-60-39-54-129-84-71-98(12,13)111(123)99(14,15)72-84)91(118)136-61-40-55-130-85-73-100(16,17)112(124)101(18,19)74-85)66-81(65-79)45-36-51-108(48-33-30-3,92(119)137-62-41-56-131-86-75-102(20,21)113(125)103(22,23)76-86)93(120)138-63-42-57-132-87-77-104(24,25)114(126)105(26,27)78-87/h64-66,82-87H,28-63,67-78H2,1-27H3. The highest BCUT2D eigenvalue weighted by Crippen LogP contribution is 2.47. The van der Waals surface area contributed by atoms with Crippen LogP contribution in [-0.2, 0) is 136 Å². The van der Waals surface area contributed by atoms with E-state index in [2.05, 4.69) is 18.2 Å². The van der Waals surface area contributed by atoms with Gasteiger partial charge in [-0.1, -0.05) is 77.5 Å². The Kier molecular flexibility index (Phi) is 44.5. The van der Waals surface area contributed by atoms with E-state index in [0.29, 0.717) is 193 Å². The SMILES string of the molecule is CCCCC(CCCc1cc(CCCC(CCCC)(C(=O)OCCCOC2CC(C)(C)N([O])C(C)(C)C2)C(=O)OCCCOC2CC(C)(C)N([O])C(C)(C)C2)cc(CCCC(CCCC)(C(=O)OCCCOC2CC(C)(C)N([O])C(C)(C)C2)C(=O)OCCCOC2CC(C)(C)N([O])C(C)(C)C2)c1)(C(=O)OCCCOC1CC(C)(C)N([O])C(C)(C)C1)C(=O)OCCCOC1CC(C)(C)N([O])C(C)(C)C1. The van der Waals surface area contributed by atoms with Crippen LogP contribution in [-0.4, -0.2) is 249 Å². The van der Waals surface area contributed by atoms with Gasteiger partial charge < -0.3 is 56.8 Å². The van der Waals surface area contributed by atoms with Gasteiger partial charge in [-0.3, -0.25) is 28.8 Å². The summed E-state index contributed by atoms with van der Waals surface area (Å²) in [5.41, 5.74) is -10.6. The minimum absolute atomic E-state index is 0.0420. The van der Waals surface area contributed by atoms with E-state index >= 15 is 28.8 Å². The summed E-state index contributed by atoms with van der Waals surface area (Å²) >= 11 is 0. The Balaban J connectivity index is 1.23. The number of piperidine rings is 6. The van der Waals surface area contributed by atoms with E-state index in [0.717, 1.165) is 47.1 Å². The van der Waals surface area contributed by atoms with Crippen LogP contribution in [0.3, 0.4) is 0 Å². The molecule has 6 aliphatic rings. The van der Waals surface area contributed by atoms with E-state index in [-0.39, 0.29) is 154 Å². The molecular formula is C108H186N6O24. The topological polar surface area (TPSA) is 352 Å². The zero-order valence-corrected chi connectivity index (χ0v) is 90.6. The lowest BCUT2D eigenvalue weighted by molar-refractivity contribution is -0.301. The number of aryl methyl sites for hydroxylation is 3. The van der Waals surface area contributed by atoms with Crippen LogP contribution >= 0.6 is 0 Å². The third kappa shape index (κ3) is 33.2. The van der Waals surface area contributed by atoms with Gasteiger partial charge in [0.25, 0.3) is 0 Å². The van der Waals surface area contributed by atoms with Crippen molar-refractivity contribution in [2.24, 2.45) is 16.2 Å². The molecule has 0 aromatic heterocycles. The van der Waals surface area contributed by atoms with Crippen LogP contribution in [0.5, 0.6) is 0 Å². The number of unbranched alkanes of at least 4 members (excludes halogenated alkanes) is 3. The van der Waals surface area contributed by atoms with Gasteiger partial charge in [0.1, 0.15) is 0 Å². The van der Waals surface area contributed by atoms with Gasteiger partial charge >= 0.3 is 35.8 Å². The number of hydroxylamine groups is 12. The maximum atomic E-state index is 15.3. The minimum Gasteiger partial charge on any atom is -0.465 e. The lowest BCUT2D eigenvalue weighted by Gasteiger charge is -2.49. The number of benzene rings is 1. The maximum absolute atomic E-state index is 15.3. The van der Waals surface area contributed by atoms with Crippen molar-refractivity contribution < 1.29 is 117 Å². The Bertz CT molecular complexity index is 3250. The predicted octanol–water partition coefficient (Wildman–Crippen LogP) is 20.1. The molecule has 1 aromatic rings. The lowest BCUT2D eigenvalue weighted by atomic mass is 9.77. The summed E-state index contributed by atoms with van der Waals surface area (Å²) in [6.07, 6.45) is 12.8. The van der Waals surface area contributed by atoms with Crippen LogP contribution in [0.25, 0.3) is 0 Å². The number of esters is 6. The van der Waals surface area contributed by atoms with Crippen molar-refractivity contribution in [3.8, 4) is 0 Å². The summed E-state index contributed by atoms with van der Waals surface area (Å²) < 4.78 is 75.8. The Labute approximate surface area is 830 Å². The fourth-order valence-electron chi connectivity index (χ4n) is 23.7. The van der Waals surface area contributed by atoms with Crippen molar-refractivity contribution in [3.63, 3.8) is 0 Å². The van der Waals surface area contributed by atoms with E-state index in [1.807, 2.05) is 187 Å². The maximum Gasteiger partial charge on any atom is 0.323 e. The quantitative estimate of drug-likeness (QED) is 0.0253. The summed E-state index contributed by atoms with van der Waals surface area (Å²) in [6.45, 7) is 53.1. The van der Waals surface area contributed by atoms with Crippen molar-refractivity contribution in [3.05, 3.63) is 34.9 Å². The van der Waals surface area contributed by atoms with Crippen LogP contribution in [0.15, 0.2) is 18.2 Å². The highest BCUT2D eigenvalue weighted by molar-refractivity contribution is 6.01. The first-order chi connectivity index (χ1) is 64.1. The molecule has 7 rings (SSSR count). The average Bonchev–Trinajstić information content (AvgIpc) is 0.783. The van der Waals surface area contributed by atoms with Gasteiger partial charge in [-0.05, 0) is 337 Å². The van der Waals surface area contributed by atoms with Crippen molar-refractivity contribution >= 4 is 35.8 Å². The molecule has 6 radical (unpaired) electrons. The van der Waals surface area contributed by atoms with Crippen molar-refractivity contribution in [1.29, 1.82) is 0 Å². The number of carbonyl (C=O) groups is 6. The molecule has 6 saturated heterocycles. The van der Waals surface area contributed by atoms with Gasteiger partial charge in [0.05, 0.1) is 116 Å². The molecule has 0 bridgehead atoms. The highest BCUT2D eigenvalue weighted by atomic mass is 16.6. The fourth-order valence-corrected chi connectivity index (χ4v) is 23.7. The first kappa shape index (κ1) is 120. The molecule has 0 N–H and O–H groups in total. The summed E-state index contributed by atoms with van der Waals surface area (Å²) in [6, 6.07) is 6.23. The largest absolute Gasteiger partial charge is 0.465 e.